The summed E-state index contributed by atoms with van der Waals surface area (Å²) in [7, 11) is 0. The molecule has 2 N–H and O–H groups in total. The highest BCUT2D eigenvalue weighted by Gasteiger charge is 2.04. The minimum Gasteiger partial charge on any atom is -0.327 e. The third kappa shape index (κ3) is 2.57. The summed E-state index contributed by atoms with van der Waals surface area (Å²) in [4.78, 5) is 4.61. The molecule has 3 nitrogen and oxygen atoms in total. The van der Waals surface area contributed by atoms with Crippen LogP contribution in [0.25, 0.3) is 5.65 Å². The van der Waals surface area contributed by atoms with Crippen molar-refractivity contribution in [3.8, 4) is 0 Å². The third-order valence-electron chi connectivity index (χ3n) is 2.36. The van der Waals surface area contributed by atoms with Crippen LogP contribution in [0.3, 0.4) is 0 Å². The molecule has 1 unspecified atom stereocenters. The van der Waals surface area contributed by atoms with E-state index in [0.717, 1.165) is 22.8 Å². The standard InChI is InChI=1S/C12H17N3S/c1-9-4-3-5-15-6-11(14-12(9)15)8-16-7-10(2)13/h3-6,10H,7-8,13H2,1-2H3. The highest BCUT2D eigenvalue weighted by atomic mass is 32.2. The van der Waals surface area contributed by atoms with Crippen molar-refractivity contribution in [1.29, 1.82) is 0 Å². The molecule has 0 saturated heterocycles. The molecule has 0 radical (unpaired) electrons. The van der Waals surface area contributed by atoms with Crippen molar-refractivity contribution in [1.82, 2.24) is 9.38 Å². The van der Waals surface area contributed by atoms with E-state index in [1.165, 1.54) is 5.56 Å². The fraction of sp³-hybridized carbons (Fsp3) is 0.417. The van der Waals surface area contributed by atoms with Gasteiger partial charge >= 0.3 is 0 Å². The second-order valence-electron chi connectivity index (χ2n) is 4.15. The number of aryl methyl sites for hydroxylation is 1. The number of hydrogen-bond donors (Lipinski definition) is 1. The Morgan fingerprint density at radius 2 is 2.38 bits per heavy atom. The zero-order valence-electron chi connectivity index (χ0n) is 9.68. The van der Waals surface area contributed by atoms with Crippen LogP contribution in [0, 0.1) is 6.92 Å². The van der Waals surface area contributed by atoms with E-state index in [2.05, 4.69) is 28.6 Å². The van der Waals surface area contributed by atoms with E-state index in [-0.39, 0.29) is 6.04 Å². The van der Waals surface area contributed by atoms with Gasteiger partial charge in [0.1, 0.15) is 5.65 Å². The number of nitrogens with zero attached hydrogens (tertiary/aromatic N) is 2. The van der Waals surface area contributed by atoms with Crippen LogP contribution < -0.4 is 5.73 Å². The molecule has 2 rings (SSSR count). The Morgan fingerprint density at radius 1 is 1.56 bits per heavy atom. The molecule has 16 heavy (non-hydrogen) atoms. The predicted octanol–water partition coefficient (Wildman–Crippen LogP) is 2.22. The van der Waals surface area contributed by atoms with Crippen LogP contribution in [-0.4, -0.2) is 21.2 Å². The molecule has 0 saturated carbocycles. The van der Waals surface area contributed by atoms with Gasteiger partial charge in [0.15, 0.2) is 0 Å². The lowest BCUT2D eigenvalue weighted by molar-refractivity contribution is 0.847. The van der Waals surface area contributed by atoms with Crippen LogP contribution >= 0.6 is 11.8 Å². The molecule has 0 aliphatic heterocycles. The van der Waals surface area contributed by atoms with Crippen molar-refractivity contribution >= 4 is 17.4 Å². The van der Waals surface area contributed by atoms with Crippen molar-refractivity contribution in [2.75, 3.05) is 5.75 Å². The Hall–Kier alpha value is -1.00. The van der Waals surface area contributed by atoms with Crippen molar-refractivity contribution in [2.24, 2.45) is 5.73 Å². The second-order valence-corrected chi connectivity index (χ2v) is 5.18. The molecule has 1 atom stereocenters. The van der Waals surface area contributed by atoms with Crippen LogP contribution in [0.1, 0.15) is 18.2 Å². The van der Waals surface area contributed by atoms with E-state index >= 15 is 0 Å². The first kappa shape index (κ1) is 11.5. The Balaban J connectivity index is 2.11. The van der Waals surface area contributed by atoms with Crippen LogP contribution in [0.5, 0.6) is 0 Å². The SMILES string of the molecule is Cc1cccn2cc(CSCC(C)N)nc12. The number of aromatic nitrogens is 2. The largest absolute Gasteiger partial charge is 0.327 e. The number of rotatable bonds is 4. The van der Waals surface area contributed by atoms with Crippen molar-refractivity contribution in [3.63, 3.8) is 0 Å². The molecule has 4 heteroatoms. The Labute approximate surface area is 100 Å². The van der Waals surface area contributed by atoms with Gasteiger partial charge in [-0.15, -0.1) is 0 Å². The van der Waals surface area contributed by atoms with Gasteiger partial charge in [0, 0.05) is 29.9 Å². The quantitative estimate of drug-likeness (QED) is 0.883. The summed E-state index contributed by atoms with van der Waals surface area (Å²) in [6, 6.07) is 4.38. The molecular formula is C12H17N3S. The summed E-state index contributed by atoms with van der Waals surface area (Å²) in [6.07, 6.45) is 4.13. The molecule has 86 valence electrons. The predicted molar refractivity (Wildman–Crippen MR) is 69.7 cm³/mol. The Kier molecular flexibility index (Phi) is 3.51. The second kappa shape index (κ2) is 4.89. The molecule has 0 aliphatic rings. The zero-order valence-corrected chi connectivity index (χ0v) is 10.5. The average molecular weight is 235 g/mol. The summed E-state index contributed by atoms with van der Waals surface area (Å²) in [6.45, 7) is 4.11. The molecule has 2 aromatic heterocycles. The van der Waals surface area contributed by atoms with Gasteiger partial charge in [0.05, 0.1) is 5.69 Å². The van der Waals surface area contributed by atoms with Gasteiger partial charge in [-0.05, 0) is 25.5 Å². The third-order valence-corrected chi connectivity index (χ3v) is 3.62. The first-order chi connectivity index (χ1) is 7.66. The van der Waals surface area contributed by atoms with E-state index < -0.39 is 0 Å². The minimum absolute atomic E-state index is 0.253. The van der Waals surface area contributed by atoms with Gasteiger partial charge in [-0.25, -0.2) is 4.98 Å². The van der Waals surface area contributed by atoms with Gasteiger partial charge in [0.25, 0.3) is 0 Å². The lowest BCUT2D eigenvalue weighted by Crippen LogP contribution is -2.17. The van der Waals surface area contributed by atoms with Gasteiger partial charge in [0.2, 0.25) is 0 Å². The first-order valence-electron chi connectivity index (χ1n) is 5.43. The van der Waals surface area contributed by atoms with Crippen molar-refractivity contribution in [3.05, 3.63) is 35.8 Å². The van der Waals surface area contributed by atoms with Crippen LogP contribution in [-0.2, 0) is 5.75 Å². The number of pyridine rings is 1. The minimum atomic E-state index is 0.253. The highest BCUT2D eigenvalue weighted by molar-refractivity contribution is 7.98. The van der Waals surface area contributed by atoms with Crippen LogP contribution in [0.4, 0.5) is 0 Å². The molecular weight excluding hydrogens is 218 g/mol. The lowest BCUT2D eigenvalue weighted by atomic mass is 10.3. The maximum absolute atomic E-state index is 5.71. The number of thioether (sulfide) groups is 1. The number of imidazole rings is 1. The maximum Gasteiger partial charge on any atom is 0.139 e. The van der Waals surface area contributed by atoms with E-state index in [4.69, 9.17) is 5.73 Å². The van der Waals surface area contributed by atoms with Crippen LogP contribution in [0.15, 0.2) is 24.5 Å². The Morgan fingerprint density at radius 3 is 3.06 bits per heavy atom. The topological polar surface area (TPSA) is 43.3 Å². The number of hydrogen-bond acceptors (Lipinski definition) is 3. The molecule has 0 aliphatic carbocycles. The average Bonchev–Trinajstić information content (AvgIpc) is 2.61. The number of nitrogens with two attached hydrogens (primary N) is 1. The molecule has 2 aromatic rings. The van der Waals surface area contributed by atoms with Gasteiger partial charge in [-0.1, -0.05) is 6.07 Å². The first-order valence-corrected chi connectivity index (χ1v) is 6.59. The monoisotopic (exact) mass is 235 g/mol. The fourth-order valence-electron chi connectivity index (χ4n) is 1.62. The lowest BCUT2D eigenvalue weighted by Gasteiger charge is -2.01. The summed E-state index contributed by atoms with van der Waals surface area (Å²) in [5.74, 6) is 1.91. The van der Waals surface area contributed by atoms with Crippen molar-refractivity contribution in [2.45, 2.75) is 25.6 Å². The smallest absolute Gasteiger partial charge is 0.139 e. The highest BCUT2D eigenvalue weighted by Crippen LogP contribution is 2.15. The summed E-state index contributed by atoms with van der Waals surface area (Å²) >= 11 is 1.83. The molecule has 0 aromatic carbocycles. The Bertz CT molecular complexity index is 476. The van der Waals surface area contributed by atoms with Gasteiger partial charge < -0.3 is 10.1 Å². The van der Waals surface area contributed by atoms with Gasteiger partial charge in [-0.3, -0.25) is 0 Å². The van der Waals surface area contributed by atoms with E-state index in [9.17, 15) is 0 Å². The van der Waals surface area contributed by atoms with E-state index in [1.807, 2.05) is 30.9 Å². The zero-order chi connectivity index (χ0) is 11.5. The summed E-state index contributed by atoms with van der Waals surface area (Å²) in [5, 5.41) is 0. The molecule has 0 fully saturated rings. The molecule has 0 bridgehead atoms. The fourth-order valence-corrected chi connectivity index (χ4v) is 2.46. The van der Waals surface area contributed by atoms with E-state index in [0.29, 0.717) is 0 Å². The van der Waals surface area contributed by atoms with Gasteiger partial charge in [-0.2, -0.15) is 11.8 Å². The maximum atomic E-state index is 5.71. The molecule has 0 amide bonds. The van der Waals surface area contributed by atoms with E-state index in [1.54, 1.807) is 0 Å². The summed E-state index contributed by atoms with van der Waals surface area (Å²) in [5.41, 5.74) is 9.10. The number of fused-ring (bicyclic) bond motifs is 1. The van der Waals surface area contributed by atoms with Crippen LogP contribution in [0.2, 0.25) is 0 Å². The summed E-state index contributed by atoms with van der Waals surface area (Å²) < 4.78 is 2.08. The van der Waals surface area contributed by atoms with Crippen molar-refractivity contribution < 1.29 is 0 Å². The molecule has 2 heterocycles. The molecule has 0 spiro atoms. The normalized spacial score (nSPS) is 13.2.